The van der Waals surface area contributed by atoms with E-state index in [4.69, 9.17) is 9.72 Å². The van der Waals surface area contributed by atoms with E-state index in [1.165, 1.54) is 16.8 Å². The molecule has 0 atom stereocenters. The minimum absolute atomic E-state index is 0.156. The van der Waals surface area contributed by atoms with Gasteiger partial charge >= 0.3 is 0 Å². The Bertz CT molecular complexity index is 1200. The van der Waals surface area contributed by atoms with Gasteiger partial charge in [0.05, 0.1) is 12.8 Å². The number of carbonyl (C=O) groups is 1. The predicted octanol–water partition coefficient (Wildman–Crippen LogP) is 2.33. The topological polar surface area (TPSA) is 93.5 Å². The molecule has 4 rings (SSSR count). The molecule has 172 valence electrons. The van der Waals surface area contributed by atoms with E-state index in [2.05, 4.69) is 10.1 Å². The number of methoxy groups -OCH3 is 1. The van der Waals surface area contributed by atoms with Crippen molar-refractivity contribution in [2.24, 2.45) is 7.05 Å². The molecule has 0 saturated carbocycles. The molecule has 1 amide bonds. The number of likely N-dealkylation sites (tertiary alicyclic amines) is 1. The van der Waals surface area contributed by atoms with E-state index in [1.54, 1.807) is 19.1 Å². The van der Waals surface area contributed by atoms with Crippen LogP contribution in [0.2, 0.25) is 0 Å². The second-order valence-corrected chi connectivity index (χ2v) is 8.34. The number of amides is 1. The van der Waals surface area contributed by atoms with E-state index >= 15 is 0 Å². The molecule has 2 aromatic heterocycles. The van der Waals surface area contributed by atoms with Crippen molar-refractivity contribution >= 4 is 11.9 Å². The Hall–Kier alpha value is -3.75. The summed E-state index contributed by atoms with van der Waals surface area (Å²) in [7, 11) is 7.04. The monoisotopic (exact) mass is 448 g/mol. The summed E-state index contributed by atoms with van der Waals surface area (Å²) < 4.78 is 6.47. The van der Waals surface area contributed by atoms with Gasteiger partial charge in [-0.25, -0.2) is 14.6 Å². The summed E-state index contributed by atoms with van der Waals surface area (Å²) in [5, 5.41) is 4.10. The molecule has 0 N–H and O–H groups in total. The number of carbonyl (C=O) groups excluding carboxylic acids is 1. The first-order valence-electron chi connectivity index (χ1n) is 10.9. The number of ether oxygens (including phenoxy) is 1. The fourth-order valence-corrected chi connectivity index (χ4v) is 4.04. The van der Waals surface area contributed by atoms with Gasteiger partial charge in [0, 0.05) is 58.0 Å². The molecule has 0 aliphatic carbocycles. The zero-order valence-electron chi connectivity index (χ0n) is 19.4. The number of nitrogens with zero attached hydrogens (tertiary/aromatic N) is 6. The number of piperidine rings is 1. The summed E-state index contributed by atoms with van der Waals surface area (Å²) in [4.78, 5) is 37.6. The molecule has 0 radical (unpaired) electrons. The molecule has 1 aliphatic heterocycles. The summed E-state index contributed by atoms with van der Waals surface area (Å²) in [6, 6.07) is 10.8. The van der Waals surface area contributed by atoms with Crippen LogP contribution in [0.15, 0.2) is 47.4 Å². The van der Waals surface area contributed by atoms with Gasteiger partial charge in [0.1, 0.15) is 11.4 Å². The van der Waals surface area contributed by atoms with Crippen LogP contribution in [0.1, 0.15) is 34.9 Å². The van der Waals surface area contributed by atoms with Gasteiger partial charge in [0.15, 0.2) is 0 Å². The Morgan fingerprint density at radius 1 is 1.09 bits per heavy atom. The second kappa shape index (κ2) is 9.40. The van der Waals surface area contributed by atoms with Gasteiger partial charge in [0.25, 0.3) is 11.5 Å². The van der Waals surface area contributed by atoms with Crippen molar-refractivity contribution in [3.63, 3.8) is 0 Å². The van der Waals surface area contributed by atoms with Crippen LogP contribution in [0.3, 0.4) is 0 Å². The molecule has 9 heteroatoms. The SMILES string of the molecule is COc1ccc(-c2cnc(N(C)C)nc2C2CCN(C(=O)c3ccc(=O)n(C)n3)CC2)cc1. The number of hydrogen-bond donors (Lipinski definition) is 0. The van der Waals surface area contributed by atoms with Crippen molar-refractivity contribution in [2.75, 3.05) is 39.2 Å². The minimum Gasteiger partial charge on any atom is -0.497 e. The number of benzene rings is 1. The first kappa shape index (κ1) is 22.4. The summed E-state index contributed by atoms with van der Waals surface area (Å²) in [5.74, 6) is 1.50. The molecule has 9 nitrogen and oxygen atoms in total. The average Bonchev–Trinajstić information content (AvgIpc) is 2.85. The molecule has 3 aromatic rings. The van der Waals surface area contributed by atoms with Gasteiger partial charge in [-0.15, -0.1) is 0 Å². The highest BCUT2D eigenvalue weighted by atomic mass is 16.5. The van der Waals surface area contributed by atoms with Crippen molar-refractivity contribution in [1.82, 2.24) is 24.6 Å². The van der Waals surface area contributed by atoms with Gasteiger partial charge in [-0.05, 0) is 36.6 Å². The minimum atomic E-state index is -0.239. The molecule has 0 unspecified atom stereocenters. The van der Waals surface area contributed by atoms with E-state index < -0.39 is 0 Å². The van der Waals surface area contributed by atoms with Crippen LogP contribution < -0.4 is 15.2 Å². The summed E-state index contributed by atoms with van der Waals surface area (Å²) in [6.45, 7) is 1.19. The number of aromatic nitrogens is 4. The first-order valence-corrected chi connectivity index (χ1v) is 10.9. The lowest BCUT2D eigenvalue weighted by Gasteiger charge is -2.32. The van der Waals surface area contributed by atoms with Crippen LogP contribution in [0, 0.1) is 0 Å². The largest absolute Gasteiger partial charge is 0.497 e. The number of hydrogen-bond acceptors (Lipinski definition) is 7. The van der Waals surface area contributed by atoms with Crippen LogP contribution in [-0.2, 0) is 7.05 Å². The highest BCUT2D eigenvalue weighted by Gasteiger charge is 2.28. The number of rotatable bonds is 5. The van der Waals surface area contributed by atoms with Crippen LogP contribution in [-0.4, -0.2) is 64.9 Å². The highest BCUT2D eigenvalue weighted by molar-refractivity contribution is 5.92. The standard InChI is InChI=1S/C24H28N6O3/c1-28(2)24-25-15-19(16-5-7-18(33-4)8-6-16)22(26-24)17-11-13-30(14-12-17)23(32)20-9-10-21(31)29(3)27-20/h5-10,15,17H,11-14H2,1-4H3. The van der Waals surface area contributed by atoms with Gasteiger partial charge < -0.3 is 14.5 Å². The fraction of sp³-hybridized carbons (Fsp3) is 0.375. The van der Waals surface area contributed by atoms with E-state index in [0.29, 0.717) is 19.0 Å². The average molecular weight is 449 g/mol. The molecule has 33 heavy (non-hydrogen) atoms. The van der Waals surface area contributed by atoms with E-state index in [1.807, 2.05) is 49.5 Å². The van der Waals surface area contributed by atoms with Gasteiger partial charge in [-0.1, -0.05) is 12.1 Å². The van der Waals surface area contributed by atoms with E-state index in [0.717, 1.165) is 35.4 Å². The quantitative estimate of drug-likeness (QED) is 0.591. The Morgan fingerprint density at radius 2 is 1.79 bits per heavy atom. The van der Waals surface area contributed by atoms with Crippen molar-refractivity contribution in [3.8, 4) is 16.9 Å². The summed E-state index contributed by atoms with van der Waals surface area (Å²) >= 11 is 0. The maximum Gasteiger partial charge on any atom is 0.274 e. The number of aryl methyl sites for hydroxylation is 1. The van der Waals surface area contributed by atoms with Crippen molar-refractivity contribution in [1.29, 1.82) is 0 Å². The van der Waals surface area contributed by atoms with Crippen molar-refractivity contribution < 1.29 is 9.53 Å². The van der Waals surface area contributed by atoms with Gasteiger partial charge in [-0.2, -0.15) is 5.10 Å². The molecule has 0 bridgehead atoms. The summed E-state index contributed by atoms with van der Waals surface area (Å²) in [5.41, 5.74) is 3.06. The molecular weight excluding hydrogens is 420 g/mol. The third-order valence-corrected chi connectivity index (χ3v) is 5.95. The molecule has 3 heterocycles. The zero-order valence-corrected chi connectivity index (χ0v) is 19.4. The third-order valence-electron chi connectivity index (χ3n) is 5.95. The lowest BCUT2D eigenvalue weighted by molar-refractivity contribution is 0.0703. The maximum absolute atomic E-state index is 12.9. The maximum atomic E-state index is 12.9. The summed E-state index contributed by atoms with van der Waals surface area (Å²) in [6.07, 6.45) is 3.44. The molecule has 1 saturated heterocycles. The second-order valence-electron chi connectivity index (χ2n) is 8.34. The lowest BCUT2D eigenvalue weighted by atomic mass is 9.88. The van der Waals surface area contributed by atoms with Crippen LogP contribution in [0.4, 0.5) is 5.95 Å². The molecule has 1 aliphatic rings. The van der Waals surface area contributed by atoms with Crippen molar-refractivity contribution in [3.05, 3.63) is 64.3 Å². The Kier molecular flexibility index (Phi) is 6.39. The van der Waals surface area contributed by atoms with Gasteiger partial charge in [-0.3, -0.25) is 9.59 Å². The van der Waals surface area contributed by atoms with Crippen LogP contribution >= 0.6 is 0 Å². The smallest absolute Gasteiger partial charge is 0.274 e. The Labute approximate surface area is 192 Å². The molecule has 0 spiro atoms. The molecule has 1 aromatic carbocycles. The highest BCUT2D eigenvalue weighted by Crippen LogP contribution is 2.35. The van der Waals surface area contributed by atoms with E-state index in [-0.39, 0.29) is 23.1 Å². The van der Waals surface area contributed by atoms with Gasteiger partial charge in [0.2, 0.25) is 5.95 Å². The first-order chi connectivity index (χ1) is 15.9. The van der Waals surface area contributed by atoms with Crippen molar-refractivity contribution in [2.45, 2.75) is 18.8 Å². The Balaban J connectivity index is 1.57. The Morgan fingerprint density at radius 3 is 2.39 bits per heavy atom. The van der Waals surface area contributed by atoms with Crippen LogP contribution in [0.25, 0.3) is 11.1 Å². The molecule has 1 fully saturated rings. The fourth-order valence-electron chi connectivity index (χ4n) is 4.04. The molecular formula is C24H28N6O3. The third kappa shape index (κ3) is 4.72. The normalized spacial score (nSPS) is 14.2. The predicted molar refractivity (Wildman–Crippen MR) is 126 cm³/mol. The lowest BCUT2D eigenvalue weighted by Crippen LogP contribution is -2.39. The number of anilines is 1. The van der Waals surface area contributed by atoms with E-state index in [9.17, 15) is 9.59 Å². The zero-order chi connectivity index (χ0) is 23.5. The van der Waals surface area contributed by atoms with Crippen LogP contribution in [0.5, 0.6) is 5.75 Å².